The Labute approximate surface area is 200 Å². The van der Waals surface area contributed by atoms with Crippen LogP contribution in [-0.4, -0.2) is 44.3 Å². The smallest absolute Gasteiger partial charge is 0.265 e. The maximum absolute atomic E-state index is 13.2. The SMILES string of the molecule is CCNC(=O)[C@@H](C)N(Cc1ccccc1)C(=O)CCCN1c2cccc3cccc(c23)S1(=O)=O. The Morgan fingerprint density at radius 2 is 1.71 bits per heavy atom. The first-order valence-electron chi connectivity index (χ1n) is 11.5. The van der Waals surface area contributed by atoms with Crippen molar-refractivity contribution in [1.82, 2.24) is 10.2 Å². The number of hydrogen-bond donors (Lipinski definition) is 1. The molecule has 0 unspecified atom stereocenters. The van der Waals surface area contributed by atoms with Crippen LogP contribution in [0.15, 0.2) is 71.6 Å². The van der Waals surface area contributed by atoms with Gasteiger partial charge in [0.25, 0.3) is 10.0 Å². The predicted octanol–water partition coefficient (Wildman–Crippen LogP) is 3.68. The van der Waals surface area contributed by atoms with Gasteiger partial charge in [0.1, 0.15) is 6.04 Å². The van der Waals surface area contributed by atoms with E-state index in [0.29, 0.717) is 30.1 Å². The number of sulfonamides is 1. The van der Waals surface area contributed by atoms with Gasteiger partial charge in [0.15, 0.2) is 0 Å². The summed E-state index contributed by atoms with van der Waals surface area (Å²) in [5.41, 5.74) is 1.58. The molecule has 0 saturated carbocycles. The van der Waals surface area contributed by atoms with Crippen molar-refractivity contribution in [2.45, 2.75) is 44.2 Å². The molecule has 1 aliphatic rings. The summed E-state index contributed by atoms with van der Waals surface area (Å²) in [7, 11) is -3.66. The van der Waals surface area contributed by atoms with Gasteiger partial charge in [-0.3, -0.25) is 13.9 Å². The van der Waals surface area contributed by atoms with E-state index in [4.69, 9.17) is 0 Å². The number of benzene rings is 3. The molecule has 7 nitrogen and oxygen atoms in total. The summed E-state index contributed by atoms with van der Waals surface area (Å²) < 4.78 is 27.7. The molecular formula is C26H29N3O4S. The van der Waals surface area contributed by atoms with Crippen LogP contribution < -0.4 is 9.62 Å². The van der Waals surface area contributed by atoms with E-state index >= 15 is 0 Å². The van der Waals surface area contributed by atoms with Crippen molar-refractivity contribution >= 4 is 38.3 Å². The van der Waals surface area contributed by atoms with Crippen LogP contribution in [0.3, 0.4) is 0 Å². The number of amides is 2. The fourth-order valence-electron chi connectivity index (χ4n) is 4.40. The molecule has 178 valence electrons. The highest BCUT2D eigenvalue weighted by Crippen LogP contribution is 2.42. The molecule has 2 amide bonds. The summed E-state index contributed by atoms with van der Waals surface area (Å²) in [4.78, 5) is 27.6. The van der Waals surface area contributed by atoms with Crippen LogP contribution in [-0.2, 0) is 26.2 Å². The van der Waals surface area contributed by atoms with Crippen LogP contribution in [0, 0.1) is 0 Å². The van der Waals surface area contributed by atoms with E-state index in [1.807, 2.05) is 55.5 Å². The van der Waals surface area contributed by atoms with Crippen LogP contribution in [0.25, 0.3) is 10.8 Å². The van der Waals surface area contributed by atoms with E-state index in [2.05, 4.69) is 5.32 Å². The highest BCUT2D eigenvalue weighted by Gasteiger charge is 2.35. The van der Waals surface area contributed by atoms with Crippen molar-refractivity contribution in [3.8, 4) is 0 Å². The van der Waals surface area contributed by atoms with Gasteiger partial charge < -0.3 is 10.2 Å². The maximum Gasteiger partial charge on any atom is 0.265 e. The topological polar surface area (TPSA) is 86.8 Å². The molecule has 1 heterocycles. The van der Waals surface area contributed by atoms with Gasteiger partial charge in [0.05, 0.1) is 10.6 Å². The fraction of sp³-hybridized carbons (Fsp3) is 0.308. The second-order valence-electron chi connectivity index (χ2n) is 8.39. The van der Waals surface area contributed by atoms with Gasteiger partial charge >= 0.3 is 0 Å². The van der Waals surface area contributed by atoms with Crippen molar-refractivity contribution in [2.24, 2.45) is 0 Å². The Kier molecular flexibility index (Phi) is 6.88. The van der Waals surface area contributed by atoms with Gasteiger partial charge in [0.2, 0.25) is 11.8 Å². The third-order valence-corrected chi connectivity index (χ3v) is 8.00. The van der Waals surface area contributed by atoms with Crippen LogP contribution in [0.5, 0.6) is 0 Å². The molecule has 4 rings (SSSR count). The van der Waals surface area contributed by atoms with E-state index in [9.17, 15) is 18.0 Å². The van der Waals surface area contributed by atoms with Crippen LogP contribution >= 0.6 is 0 Å². The summed E-state index contributed by atoms with van der Waals surface area (Å²) in [6.07, 6.45) is 0.477. The lowest BCUT2D eigenvalue weighted by molar-refractivity contribution is -0.140. The molecule has 0 saturated heterocycles. The van der Waals surface area contributed by atoms with E-state index in [-0.39, 0.29) is 24.8 Å². The summed E-state index contributed by atoms with van der Waals surface area (Å²) >= 11 is 0. The second-order valence-corrected chi connectivity index (χ2v) is 10.2. The number of carbonyl (C=O) groups excluding carboxylic acids is 2. The van der Waals surface area contributed by atoms with Gasteiger partial charge in [-0.25, -0.2) is 8.42 Å². The lowest BCUT2D eigenvalue weighted by atomic mass is 10.1. The monoisotopic (exact) mass is 479 g/mol. The highest BCUT2D eigenvalue weighted by atomic mass is 32.2. The minimum Gasteiger partial charge on any atom is -0.355 e. The zero-order valence-corrected chi connectivity index (χ0v) is 20.2. The highest BCUT2D eigenvalue weighted by molar-refractivity contribution is 7.93. The molecule has 1 N–H and O–H groups in total. The molecule has 3 aromatic rings. The van der Waals surface area contributed by atoms with Gasteiger partial charge in [0, 0.05) is 31.4 Å². The molecule has 0 aromatic heterocycles. The molecule has 34 heavy (non-hydrogen) atoms. The minimum atomic E-state index is -3.66. The first-order valence-corrected chi connectivity index (χ1v) is 12.9. The van der Waals surface area contributed by atoms with Crippen molar-refractivity contribution in [3.63, 3.8) is 0 Å². The number of anilines is 1. The number of nitrogens with zero attached hydrogens (tertiary/aromatic N) is 2. The average Bonchev–Trinajstić information content (AvgIpc) is 3.06. The Balaban J connectivity index is 1.49. The normalized spacial score (nSPS) is 14.7. The fourth-order valence-corrected chi connectivity index (χ4v) is 6.15. The van der Waals surface area contributed by atoms with E-state index in [1.165, 1.54) is 4.31 Å². The summed E-state index contributed by atoms with van der Waals surface area (Å²) in [5, 5.41) is 4.38. The molecule has 3 aromatic carbocycles. The van der Waals surface area contributed by atoms with Gasteiger partial charge in [-0.05, 0) is 43.4 Å². The van der Waals surface area contributed by atoms with Crippen molar-refractivity contribution in [3.05, 3.63) is 72.3 Å². The average molecular weight is 480 g/mol. The number of likely N-dealkylation sites (N-methyl/N-ethyl adjacent to an activating group) is 1. The quantitative estimate of drug-likeness (QED) is 0.507. The number of rotatable bonds is 9. The Morgan fingerprint density at radius 3 is 2.41 bits per heavy atom. The predicted molar refractivity (Wildman–Crippen MR) is 133 cm³/mol. The molecule has 1 atom stereocenters. The zero-order chi connectivity index (χ0) is 24.3. The molecule has 8 heteroatoms. The van der Waals surface area contributed by atoms with Gasteiger partial charge in [-0.15, -0.1) is 0 Å². The van der Waals surface area contributed by atoms with Crippen LogP contribution in [0.4, 0.5) is 5.69 Å². The lowest BCUT2D eigenvalue weighted by Crippen LogP contribution is -2.47. The van der Waals surface area contributed by atoms with Crippen molar-refractivity contribution in [2.75, 3.05) is 17.4 Å². The Hall–Kier alpha value is -3.39. The first-order chi connectivity index (χ1) is 16.3. The Bertz CT molecular complexity index is 1300. The number of nitrogens with one attached hydrogen (secondary N) is 1. The van der Waals surface area contributed by atoms with E-state index in [0.717, 1.165) is 16.3 Å². The van der Waals surface area contributed by atoms with E-state index < -0.39 is 16.1 Å². The standard InChI is InChI=1S/C26H29N3O4S/c1-3-27-26(31)19(2)28(18-20-10-5-4-6-11-20)24(30)16-9-17-29-22-14-7-12-21-13-8-15-23(25(21)22)34(29,32)33/h4-8,10-15,19H,3,9,16-18H2,1-2H3,(H,27,31)/t19-/m1/s1. The first kappa shape index (κ1) is 23.8. The van der Waals surface area contributed by atoms with Gasteiger partial charge in [-0.1, -0.05) is 54.6 Å². The van der Waals surface area contributed by atoms with Crippen molar-refractivity contribution < 1.29 is 18.0 Å². The molecule has 0 bridgehead atoms. The largest absolute Gasteiger partial charge is 0.355 e. The Morgan fingerprint density at radius 1 is 1.00 bits per heavy atom. The van der Waals surface area contributed by atoms with Crippen molar-refractivity contribution in [1.29, 1.82) is 0 Å². The summed E-state index contributed by atoms with van der Waals surface area (Å²) in [6, 6.07) is 19.7. The second kappa shape index (κ2) is 9.85. The van der Waals surface area contributed by atoms with Crippen LogP contribution in [0.1, 0.15) is 32.3 Å². The molecule has 0 radical (unpaired) electrons. The van der Waals surface area contributed by atoms with E-state index in [1.54, 1.807) is 30.0 Å². The molecule has 0 fully saturated rings. The summed E-state index contributed by atoms with van der Waals surface area (Å²) in [5.74, 6) is -0.397. The van der Waals surface area contributed by atoms with Crippen LogP contribution in [0.2, 0.25) is 0 Å². The van der Waals surface area contributed by atoms with Gasteiger partial charge in [-0.2, -0.15) is 0 Å². The minimum absolute atomic E-state index is 0.134. The number of carbonyl (C=O) groups is 2. The third-order valence-electron chi connectivity index (χ3n) is 6.15. The summed E-state index contributed by atoms with van der Waals surface area (Å²) in [6.45, 7) is 4.54. The molecular weight excluding hydrogens is 450 g/mol. The number of hydrogen-bond acceptors (Lipinski definition) is 4. The third kappa shape index (κ3) is 4.50. The zero-order valence-electron chi connectivity index (χ0n) is 19.4. The lowest BCUT2D eigenvalue weighted by Gasteiger charge is -2.29. The maximum atomic E-state index is 13.2. The molecule has 1 aliphatic heterocycles. The molecule has 0 spiro atoms. The molecule has 0 aliphatic carbocycles.